The summed E-state index contributed by atoms with van der Waals surface area (Å²) in [6.45, 7) is 4.36. The Labute approximate surface area is 95.4 Å². The average molecular weight is 220 g/mol. The fourth-order valence-corrected chi connectivity index (χ4v) is 2.97. The van der Waals surface area contributed by atoms with Crippen molar-refractivity contribution >= 4 is 11.4 Å². The molecule has 0 spiro atoms. The Morgan fingerprint density at radius 2 is 2.31 bits per heavy atom. The van der Waals surface area contributed by atoms with Crippen molar-refractivity contribution in [3.05, 3.63) is 24.0 Å². The molecule has 86 valence electrons. The van der Waals surface area contributed by atoms with E-state index in [4.69, 9.17) is 0 Å². The molecule has 16 heavy (non-hydrogen) atoms. The van der Waals surface area contributed by atoms with E-state index >= 15 is 0 Å². The van der Waals surface area contributed by atoms with Crippen molar-refractivity contribution in [3.8, 4) is 0 Å². The summed E-state index contributed by atoms with van der Waals surface area (Å²) in [6, 6.07) is 5.64. The van der Waals surface area contributed by atoms with Gasteiger partial charge in [-0.1, -0.05) is 6.92 Å². The predicted octanol–water partition coefficient (Wildman–Crippen LogP) is 2.86. The number of nitrogens with one attached hydrogen (secondary N) is 1. The largest absolute Gasteiger partial charge is 0.381 e. The summed E-state index contributed by atoms with van der Waals surface area (Å²) in [5, 5.41) is 3.35. The van der Waals surface area contributed by atoms with Crippen LogP contribution in [0, 0.1) is 11.7 Å². The highest BCUT2D eigenvalue weighted by Crippen LogP contribution is 2.37. The SMILES string of the molecule is CC1CCCN2c3ccc(F)cc3NCC12. The van der Waals surface area contributed by atoms with Crippen molar-refractivity contribution in [1.29, 1.82) is 0 Å². The van der Waals surface area contributed by atoms with Crippen LogP contribution in [0.25, 0.3) is 0 Å². The van der Waals surface area contributed by atoms with E-state index in [1.165, 1.54) is 18.5 Å². The summed E-state index contributed by atoms with van der Waals surface area (Å²) >= 11 is 0. The monoisotopic (exact) mass is 220 g/mol. The molecule has 2 aliphatic heterocycles. The molecule has 1 saturated heterocycles. The lowest BCUT2D eigenvalue weighted by Crippen LogP contribution is -2.51. The van der Waals surface area contributed by atoms with Gasteiger partial charge in [0.05, 0.1) is 11.4 Å². The van der Waals surface area contributed by atoms with Gasteiger partial charge in [-0.05, 0) is 37.0 Å². The third-order valence-corrected chi connectivity index (χ3v) is 3.89. The number of nitrogens with zero attached hydrogens (tertiary/aromatic N) is 1. The Morgan fingerprint density at radius 3 is 3.19 bits per heavy atom. The predicted molar refractivity (Wildman–Crippen MR) is 64.4 cm³/mol. The van der Waals surface area contributed by atoms with Crippen LogP contribution in [0.15, 0.2) is 18.2 Å². The Balaban J connectivity index is 1.99. The maximum absolute atomic E-state index is 13.1. The number of halogens is 1. The summed E-state index contributed by atoms with van der Waals surface area (Å²) in [7, 11) is 0. The smallest absolute Gasteiger partial charge is 0.125 e. The lowest BCUT2D eigenvalue weighted by molar-refractivity contribution is 0.350. The van der Waals surface area contributed by atoms with Crippen molar-refractivity contribution in [3.63, 3.8) is 0 Å². The number of anilines is 2. The molecule has 1 N–H and O–H groups in total. The van der Waals surface area contributed by atoms with Crippen LogP contribution in [0.2, 0.25) is 0 Å². The first-order valence-corrected chi connectivity index (χ1v) is 6.06. The summed E-state index contributed by atoms with van der Waals surface area (Å²) in [4.78, 5) is 2.44. The number of fused-ring (bicyclic) bond motifs is 3. The Morgan fingerprint density at radius 1 is 1.44 bits per heavy atom. The van der Waals surface area contributed by atoms with Crippen LogP contribution in [0.5, 0.6) is 0 Å². The second kappa shape index (κ2) is 3.65. The molecule has 2 heterocycles. The van der Waals surface area contributed by atoms with Gasteiger partial charge in [0, 0.05) is 19.1 Å². The molecule has 3 heteroatoms. The normalized spacial score (nSPS) is 28.0. The Kier molecular flexibility index (Phi) is 2.27. The zero-order chi connectivity index (χ0) is 11.1. The molecule has 0 bridgehead atoms. The topological polar surface area (TPSA) is 15.3 Å². The van der Waals surface area contributed by atoms with Crippen LogP contribution in [-0.4, -0.2) is 19.1 Å². The van der Waals surface area contributed by atoms with Gasteiger partial charge in [0.1, 0.15) is 5.82 Å². The number of hydrogen-bond donors (Lipinski definition) is 1. The Bertz CT molecular complexity index is 405. The molecule has 2 unspecified atom stereocenters. The third kappa shape index (κ3) is 1.46. The average Bonchev–Trinajstić information content (AvgIpc) is 2.28. The maximum Gasteiger partial charge on any atom is 0.125 e. The number of piperidine rings is 1. The highest BCUT2D eigenvalue weighted by molar-refractivity contribution is 5.73. The minimum atomic E-state index is -0.158. The molecular formula is C13H17FN2. The number of hydrogen-bond acceptors (Lipinski definition) is 2. The molecule has 0 radical (unpaired) electrons. The van der Waals surface area contributed by atoms with Crippen molar-refractivity contribution in [2.24, 2.45) is 5.92 Å². The van der Waals surface area contributed by atoms with Gasteiger partial charge in [0.15, 0.2) is 0 Å². The standard InChI is InChI=1S/C13H17FN2/c1-9-3-2-6-16-12-5-4-10(14)7-11(12)15-8-13(9)16/h4-5,7,9,13,15H,2-3,6,8H2,1H3. The lowest BCUT2D eigenvalue weighted by Gasteiger charge is -2.45. The molecule has 2 nitrogen and oxygen atoms in total. The van der Waals surface area contributed by atoms with E-state index < -0.39 is 0 Å². The first kappa shape index (κ1) is 9.94. The van der Waals surface area contributed by atoms with E-state index in [9.17, 15) is 4.39 Å². The van der Waals surface area contributed by atoms with Crippen LogP contribution in [-0.2, 0) is 0 Å². The zero-order valence-electron chi connectivity index (χ0n) is 9.54. The molecule has 2 aliphatic rings. The van der Waals surface area contributed by atoms with E-state index in [1.54, 1.807) is 12.1 Å². The van der Waals surface area contributed by atoms with E-state index in [0.29, 0.717) is 6.04 Å². The van der Waals surface area contributed by atoms with Gasteiger partial charge in [-0.3, -0.25) is 0 Å². The van der Waals surface area contributed by atoms with E-state index in [1.807, 2.05) is 6.07 Å². The zero-order valence-corrected chi connectivity index (χ0v) is 9.54. The molecule has 2 atom stereocenters. The van der Waals surface area contributed by atoms with Crippen LogP contribution in [0.4, 0.5) is 15.8 Å². The van der Waals surface area contributed by atoms with Crippen molar-refractivity contribution < 1.29 is 4.39 Å². The van der Waals surface area contributed by atoms with E-state index in [2.05, 4.69) is 17.1 Å². The van der Waals surface area contributed by atoms with Gasteiger partial charge in [-0.25, -0.2) is 4.39 Å². The maximum atomic E-state index is 13.1. The van der Waals surface area contributed by atoms with E-state index in [-0.39, 0.29) is 5.82 Å². The molecule has 0 aromatic heterocycles. The van der Waals surface area contributed by atoms with Crippen molar-refractivity contribution in [1.82, 2.24) is 0 Å². The van der Waals surface area contributed by atoms with E-state index in [0.717, 1.165) is 24.7 Å². The summed E-state index contributed by atoms with van der Waals surface area (Å²) in [5.41, 5.74) is 2.12. The summed E-state index contributed by atoms with van der Waals surface area (Å²) in [5.74, 6) is 0.564. The van der Waals surface area contributed by atoms with Crippen molar-refractivity contribution in [2.45, 2.75) is 25.8 Å². The quantitative estimate of drug-likeness (QED) is 0.723. The molecule has 1 aromatic rings. The second-order valence-corrected chi connectivity index (χ2v) is 4.92. The lowest BCUT2D eigenvalue weighted by atomic mass is 9.88. The Hall–Kier alpha value is -1.25. The van der Waals surface area contributed by atoms with Gasteiger partial charge < -0.3 is 10.2 Å². The highest BCUT2D eigenvalue weighted by atomic mass is 19.1. The van der Waals surface area contributed by atoms with Gasteiger partial charge >= 0.3 is 0 Å². The minimum absolute atomic E-state index is 0.158. The summed E-state index contributed by atoms with van der Waals surface area (Å²) < 4.78 is 13.1. The molecule has 0 saturated carbocycles. The van der Waals surface area contributed by atoms with Crippen LogP contribution < -0.4 is 10.2 Å². The van der Waals surface area contributed by atoms with Gasteiger partial charge in [-0.15, -0.1) is 0 Å². The van der Waals surface area contributed by atoms with Gasteiger partial charge in [0.25, 0.3) is 0 Å². The first-order valence-electron chi connectivity index (χ1n) is 6.06. The first-order chi connectivity index (χ1) is 7.75. The number of rotatable bonds is 0. The third-order valence-electron chi connectivity index (χ3n) is 3.89. The molecule has 1 fully saturated rings. The molecule has 1 aromatic carbocycles. The van der Waals surface area contributed by atoms with Crippen LogP contribution >= 0.6 is 0 Å². The fourth-order valence-electron chi connectivity index (χ4n) is 2.97. The molecular weight excluding hydrogens is 203 g/mol. The van der Waals surface area contributed by atoms with Gasteiger partial charge in [-0.2, -0.15) is 0 Å². The minimum Gasteiger partial charge on any atom is -0.381 e. The van der Waals surface area contributed by atoms with Crippen molar-refractivity contribution in [2.75, 3.05) is 23.3 Å². The van der Waals surface area contributed by atoms with Crippen LogP contribution in [0.3, 0.4) is 0 Å². The molecule has 0 amide bonds. The highest BCUT2D eigenvalue weighted by Gasteiger charge is 2.32. The second-order valence-electron chi connectivity index (χ2n) is 4.92. The number of benzene rings is 1. The molecule has 0 aliphatic carbocycles. The molecule has 3 rings (SSSR count). The van der Waals surface area contributed by atoms with Crippen LogP contribution in [0.1, 0.15) is 19.8 Å². The summed E-state index contributed by atoms with van der Waals surface area (Å²) in [6.07, 6.45) is 2.55. The fraction of sp³-hybridized carbons (Fsp3) is 0.538. The van der Waals surface area contributed by atoms with Gasteiger partial charge in [0.2, 0.25) is 0 Å².